The molecule has 3 nitrogen and oxygen atoms in total. The molecular formula is C18H24BCl2N2OP. The predicted molar refractivity (Wildman–Crippen MR) is 116 cm³/mol. The summed E-state index contributed by atoms with van der Waals surface area (Å²) >= 11 is 11.3. The van der Waals surface area contributed by atoms with Gasteiger partial charge < -0.3 is 11.1 Å². The second kappa shape index (κ2) is 12.2. The fraction of sp³-hybridized carbons (Fsp3) is 0.278. The van der Waals surface area contributed by atoms with Crippen molar-refractivity contribution in [3.05, 3.63) is 58.6 Å². The molecule has 0 spiro atoms. The van der Waals surface area contributed by atoms with Crippen LogP contribution in [-0.4, -0.2) is 19.8 Å². The lowest BCUT2D eigenvalue weighted by molar-refractivity contribution is -0.123. The molecule has 1 atom stereocenters. The average molecular weight is 397 g/mol. The quantitative estimate of drug-likeness (QED) is 0.393. The highest BCUT2D eigenvalue weighted by Crippen LogP contribution is 2.18. The monoisotopic (exact) mass is 396 g/mol. The number of nitrogens with two attached hydrogens (primary N) is 1. The first-order chi connectivity index (χ1) is 11.6. The summed E-state index contributed by atoms with van der Waals surface area (Å²) in [5.74, 6) is -0.000164. The Morgan fingerprint density at radius 2 is 1.40 bits per heavy atom. The van der Waals surface area contributed by atoms with Crippen molar-refractivity contribution in [1.82, 2.24) is 0 Å². The topological polar surface area (TPSA) is 55.1 Å². The predicted octanol–water partition coefficient (Wildman–Crippen LogP) is 5.23. The standard InChI is InChI=1S/C11H14ClNO.C6H6ClN.CH4BP/c1-11(2,3)10(14)13-9-6-4-8(12)5-7-9;7-5-1-3-6(8)4-2-5;2-1-3/h4-7H,1-3H3,(H,13,14);1-4H,8H2;1,3H2. The fourth-order valence-electron chi connectivity index (χ4n) is 1.31. The number of halogens is 2. The second-order valence-electron chi connectivity index (χ2n) is 6.00. The number of amides is 1. The Bertz CT molecular complexity index is 608. The molecule has 25 heavy (non-hydrogen) atoms. The van der Waals surface area contributed by atoms with Crippen molar-refractivity contribution in [3.8, 4) is 0 Å². The molecule has 2 radical (unpaired) electrons. The van der Waals surface area contributed by atoms with Crippen molar-refractivity contribution in [2.24, 2.45) is 5.41 Å². The Morgan fingerprint density at radius 3 is 1.72 bits per heavy atom. The molecule has 2 aromatic rings. The third-order valence-electron chi connectivity index (χ3n) is 2.65. The smallest absolute Gasteiger partial charge is 0.229 e. The van der Waals surface area contributed by atoms with E-state index in [2.05, 4.69) is 14.6 Å². The van der Waals surface area contributed by atoms with Gasteiger partial charge >= 0.3 is 0 Å². The van der Waals surface area contributed by atoms with E-state index in [0.29, 0.717) is 11.1 Å². The van der Waals surface area contributed by atoms with Crippen LogP contribution < -0.4 is 11.1 Å². The van der Waals surface area contributed by atoms with Crippen LogP contribution in [0.15, 0.2) is 48.5 Å². The van der Waals surface area contributed by atoms with Gasteiger partial charge in [-0.15, -0.1) is 9.24 Å². The summed E-state index contributed by atoms with van der Waals surface area (Å²) in [5.41, 5.74) is 6.51. The number of benzene rings is 2. The molecule has 134 valence electrons. The molecule has 0 aliphatic rings. The summed E-state index contributed by atoms with van der Waals surface area (Å²) in [4.78, 5) is 11.6. The molecule has 2 rings (SSSR count). The minimum atomic E-state index is -0.375. The van der Waals surface area contributed by atoms with Gasteiger partial charge in [0, 0.05) is 26.8 Å². The molecule has 0 saturated heterocycles. The fourth-order valence-corrected chi connectivity index (χ4v) is 1.57. The van der Waals surface area contributed by atoms with E-state index < -0.39 is 0 Å². The first-order valence-corrected chi connectivity index (χ1v) is 9.15. The van der Waals surface area contributed by atoms with Crippen LogP contribution >= 0.6 is 32.4 Å². The molecule has 1 amide bonds. The highest BCUT2D eigenvalue weighted by Gasteiger charge is 2.20. The van der Waals surface area contributed by atoms with Crippen molar-refractivity contribution < 1.29 is 4.79 Å². The SMILES string of the molecule is CC(C)(C)C(=O)Nc1ccc(Cl)cc1.Nc1ccc(Cl)cc1.[B]CP. The zero-order chi connectivity index (χ0) is 19.5. The van der Waals surface area contributed by atoms with E-state index in [1.807, 2.05) is 20.8 Å². The van der Waals surface area contributed by atoms with Crippen LogP contribution in [0.3, 0.4) is 0 Å². The lowest BCUT2D eigenvalue weighted by Gasteiger charge is -2.17. The normalized spacial score (nSPS) is 9.84. The summed E-state index contributed by atoms with van der Waals surface area (Å²) in [6.45, 7) is 5.62. The highest BCUT2D eigenvalue weighted by atomic mass is 35.5. The Balaban J connectivity index is 0.000000440. The van der Waals surface area contributed by atoms with Crippen molar-refractivity contribution in [2.45, 2.75) is 20.8 Å². The first kappa shape index (κ1) is 23.8. The number of carbonyl (C=O) groups is 1. The highest BCUT2D eigenvalue weighted by molar-refractivity contribution is 7.19. The zero-order valence-corrected chi connectivity index (χ0v) is 17.4. The zero-order valence-electron chi connectivity index (χ0n) is 14.7. The number of nitrogens with one attached hydrogen (secondary N) is 1. The third kappa shape index (κ3) is 11.9. The number of hydrogen-bond acceptors (Lipinski definition) is 2. The summed E-state index contributed by atoms with van der Waals surface area (Å²) in [7, 11) is 7.17. The molecule has 1 unspecified atom stereocenters. The van der Waals surface area contributed by atoms with E-state index in [-0.39, 0.29) is 11.3 Å². The van der Waals surface area contributed by atoms with Crippen LogP contribution in [0.2, 0.25) is 10.0 Å². The molecule has 0 aromatic heterocycles. The number of hydrogen-bond donors (Lipinski definition) is 2. The first-order valence-electron chi connectivity index (χ1n) is 7.58. The maximum absolute atomic E-state index is 11.6. The largest absolute Gasteiger partial charge is 0.399 e. The number of carbonyl (C=O) groups excluding carboxylic acids is 1. The number of nitrogen functional groups attached to an aromatic ring is 1. The Labute approximate surface area is 164 Å². The molecule has 0 aliphatic heterocycles. The van der Waals surface area contributed by atoms with Gasteiger partial charge in [-0.1, -0.05) is 50.0 Å². The van der Waals surface area contributed by atoms with Crippen molar-refractivity contribution >= 4 is 57.6 Å². The molecule has 2 aromatic carbocycles. The summed E-state index contributed by atoms with van der Waals surface area (Å²) in [5, 5.41) is 4.20. The number of anilines is 2. The van der Waals surface area contributed by atoms with E-state index in [4.69, 9.17) is 36.8 Å². The molecule has 0 aliphatic carbocycles. The maximum Gasteiger partial charge on any atom is 0.229 e. The van der Waals surface area contributed by atoms with Crippen LogP contribution in [0, 0.1) is 5.41 Å². The maximum atomic E-state index is 11.6. The molecular weight excluding hydrogens is 373 g/mol. The van der Waals surface area contributed by atoms with Gasteiger partial charge in [0.25, 0.3) is 0 Å². The molecule has 0 saturated carbocycles. The lowest BCUT2D eigenvalue weighted by atomic mass is 9.95. The molecule has 0 fully saturated rings. The summed E-state index contributed by atoms with van der Waals surface area (Å²) < 4.78 is 0. The summed E-state index contributed by atoms with van der Waals surface area (Å²) in [6, 6.07) is 14.8. The van der Waals surface area contributed by atoms with Crippen molar-refractivity contribution in [2.75, 3.05) is 17.1 Å². The molecule has 3 N–H and O–H groups in total. The summed E-state index contributed by atoms with van der Waals surface area (Å²) in [6.07, 6.45) is 0. The molecule has 0 heterocycles. The van der Waals surface area contributed by atoms with Gasteiger partial charge in [0.2, 0.25) is 5.91 Å². The van der Waals surface area contributed by atoms with E-state index in [1.54, 1.807) is 48.5 Å². The van der Waals surface area contributed by atoms with Crippen molar-refractivity contribution in [3.63, 3.8) is 0 Å². The second-order valence-corrected chi connectivity index (χ2v) is 7.34. The minimum absolute atomic E-state index is 0.000164. The van der Waals surface area contributed by atoms with Gasteiger partial charge in [-0.3, -0.25) is 4.79 Å². The van der Waals surface area contributed by atoms with Crippen LogP contribution in [0.5, 0.6) is 0 Å². The van der Waals surface area contributed by atoms with Gasteiger partial charge in [-0.25, -0.2) is 0 Å². The van der Waals surface area contributed by atoms with Crippen LogP contribution in [0.4, 0.5) is 11.4 Å². The van der Waals surface area contributed by atoms with Crippen LogP contribution in [-0.2, 0) is 4.79 Å². The molecule has 0 bridgehead atoms. The van der Waals surface area contributed by atoms with Gasteiger partial charge in [0.05, 0.1) is 7.85 Å². The van der Waals surface area contributed by atoms with Crippen LogP contribution in [0.25, 0.3) is 0 Å². The van der Waals surface area contributed by atoms with E-state index in [9.17, 15) is 4.79 Å². The minimum Gasteiger partial charge on any atom is -0.399 e. The third-order valence-corrected chi connectivity index (χ3v) is 3.16. The van der Waals surface area contributed by atoms with Gasteiger partial charge in [0.15, 0.2) is 0 Å². The Morgan fingerprint density at radius 1 is 1.04 bits per heavy atom. The van der Waals surface area contributed by atoms with E-state index in [0.717, 1.165) is 16.4 Å². The Kier molecular flexibility index (Phi) is 11.6. The molecule has 7 heteroatoms. The lowest BCUT2D eigenvalue weighted by Crippen LogP contribution is -2.27. The van der Waals surface area contributed by atoms with Crippen molar-refractivity contribution in [1.29, 1.82) is 0 Å². The van der Waals surface area contributed by atoms with E-state index in [1.165, 1.54) is 0 Å². The number of rotatable bonds is 1. The Hall–Kier alpha value is -1.22. The van der Waals surface area contributed by atoms with Gasteiger partial charge in [-0.2, -0.15) is 0 Å². The van der Waals surface area contributed by atoms with Crippen LogP contribution in [0.1, 0.15) is 20.8 Å². The van der Waals surface area contributed by atoms with E-state index >= 15 is 0 Å². The average Bonchev–Trinajstić information content (AvgIpc) is 2.53. The van der Waals surface area contributed by atoms with Gasteiger partial charge in [-0.05, 0) is 48.5 Å². The van der Waals surface area contributed by atoms with Gasteiger partial charge in [0.1, 0.15) is 0 Å².